The second-order valence-electron chi connectivity index (χ2n) is 11.2. The van der Waals surface area contributed by atoms with E-state index >= 15 is 0 Å². The van der Waals surface area contributed by atoms with E-state index in [0.29, 0.717) is 54.2 Å². The van der Waals surface area contributed by atoms with E-state index in [0.717, 1.165) is 18.2 Å². The van der Waals surface area contributed by atoms with Crippen molar-refractivity contribution < 1.29 is 36.9 Å². The number of hydrogen-bond acceptors (Lipinski definition) is 6. The maximum atomic E-state index is 13.6. The Morgan fingerprint density at radius 1 is 1.27 bits per heavy atom. The first-order valence-electron chi connectivity index (χ1n) is 13.2. The molecule has 40 heavy (non-hydrogen) atoms. The highest BCUT2D eigenvalue weighted by Gasteiger charge is 2.31. The van der Waals surface area contributed by atoms with E-state index in [4.69, 9.17) is 18.9 Å². The van der Waals surface area contributed by atoms with Crippen molar-refractivity contribution in [3.05, 3.63) is 53.2 Å². The zero-order chi connectivity index (χ0) is 29.1. The summed E-state index contributed by atoms with van der Waals surface area (Å²) in [5, 5.41) is 7.99. The summed E-state index contributed by atoms with van der Waals surface area (Å²) in [5.74, 6) is 0.286. The van der Waals surface area contributed by atoms with Crippen LogP contribution in [0.25, 0.3) is 10.9 Å². The molecule has 2 atom stereocenters. The average Bonchev–Trinajstić information content (AvgIpc) is 3.55. The van der Waals surface area contributed by atoms with Crippen molar-refractivity contribution in [3.63, 3.8) is 0 Å². The molecule has 4 rings (SSSR count). The third-order valence-corrected chi connectivity index (χ3v) is 8.38. The lowest BCUT2D eigenvalue weighted by Crippen LogP contribution is -2.27. The predicted molar refractivity (Wildman–Crippen MR) is 148 cm³/mol. The number of hydrogen-bond donors (Lipinski definition) is 1. The van der Waals surface area contributed by atoms with Crippen LogP contribution in [-0.4, -0.2) is 56.8 Å². The first-order chi connectivity index (χ1) is 18.9. The number of aromatic nitrogens is 2. The summed E-state index contributed by atoms with van der Waals surface area (Å²) in [7, 11) is 0.252. The highest BCUT2D eigenvalue weighted by atomic mass is 28.3. The van der Waals surface area contributed by atoms with Gasteiger partial charge < -0.3 is 24.3 Å². The number of alkyl halides is 3. The summed E-state index contributed by atoms with van der Waals surface area (Å²) < 4.78 is 64.5. The van der Waals surface area contributed by atoms with Gasteiger partial charge in [0, 0.05) is 27.3 Å². The maximum Gasteiger partial charge on any atom is 0.416 e. The Morgan fingerprint density at radius 2 is 2.05 bits per heavy atom. The normalized spacial score (nSPS) is 16.8. The fourth-order valence-corrected chi connectivity index (χ4v) is 5.14. The second-order valence-corrected chi connectivity index (χ2v) is 16.8. The minimum absolute atomic E-state index is 0.191. The van der Waals surface area contributed by atoms with Crippen LogP contribution in [0.3, 0.4) is 0 Å². The lowest BCUT2D eigenvalue weighted by Gasteiger charge is -2.19. The zero-order valence-electron chi connectivity index (χ0n) is 23.4. The quantitative estimate of drug-likeness (QED) is 0.221. The minimum atomic E-state index is -4.48. The summed E-state index contributed by atoms with van der Waals surface area (Å²) in [5.41, 5.74) is 0.132. The summed E-state index contributed by atoms with van der Waals surface area (Å²) in [6, 6.07) is 6.77. The van der Waals surface area contributed by atoms with Crippen LogP contribution in [0.1, 0.15) is 40.9 Å². The van der Waals surface area contributed by atoms with Gasteiger partial charge in [0.25, 0.3) is 5.91 Å². The number of nitrogens with one attached hydrogen (secondary N) is 1. The van der Waals surface area contributed by atoms with Crippen LogP contribution in [0.4, 0.5) is 13.2 Å². The van der Waals surface area contributed by atoms with Crippen molar-refractivity contribution in [1.29, 1.82) is 0 Å². The molecule has 1 aromatic heterocycles. The molecule has 1 saturated heterocycles. The third-order valence-electron chi connectivity index (χ3n) is 6.67. The molecule has 1 N–H and O–H groups in total. The number of carbonyl (C=O) groups is 1. The van der Waals surface area contributed by atoms with Crippen LogP contribution in [-0.2, 0) is 22.4 Å². The Kier molecular flexibility index (Phi) is 9.11. The molecule has 1 aliphatic rings. The Morgan fingerprint density at radius 3 is 2.70 bits per heavy atom. The van der Waals surface area contributed by atoms with Gasteiger partial charge in [0.1, 0.15) is 18.4 Å². The van der Waals surface area contributed by atoms with E-state index in [9.17, 15) is 18.0 Å². The molecular formula is C28H36F3N3O5Si. The molecule has 12 heteroatoms. The standard InChI is InChI=1S/C28H36F3N3O5Si/c1-18(19-7-6-8-20(13-19)28(29,30)31)32-27(35)22-14-24(39-21-9-10-37-16-21)26(36-2)23-15-34(33-25(22)23)17-38-11-12-40(3,4)5/h6-8,13-15,18,21H,9-12,16-17H2,1-5H3,(H,32,35)/t18-,21?/m1/s1. The maximum absolute atomic E-state index is 13.6. The van der Waals surface area contributed by atoms with Gasteiger partial charge in [-0.3, -0.25) is 4.79 Å². The van der Waals surface area contributed by atoms with Gasteiger partial charge in [0.15, 0.2) is 11.5 Å². The molecule has 1 unspecified atom stereocenters. The third kappa shape index (κ3) is 7.35. The Bertz CT molecular complexity index is 1330. The molecule has 3 aromatic rings. The summed E-state index contributed by atoms with van der Waals surface area (Å²) in [4.78, 5) is 13.6. The number of halogens is 3. The molecule has 0 spiro atoms. The Balaban J connectivity index is 1.65. The summed E-state index contributed by atoms with van der Waals surface area (Å²) >= 11 is 0. The van der Waals surface area contributed by atoms with E-state index in [1.54, 1.807) is 29.9 Å². The van der Waals surface area contributed by atoms with Crippen molar-refractivity contribution >= 4 is 24.9 Å². The van der Waals surface area contributed by atoms with Crippen molar-refractivity contribution in [2.75, 3.05) is 26.9 Å². The van der Waals surface area contributed by atoms with Gasteiger partial charge in [-0.1, -0.05) is 31.8 Å². The summed E-state index contributed by atoms with van der Waals surface area (Å²) in [6.07, 6.45) is -2.25. The van der Waals surface area contributed by atoms with E-state index in [-0.39, 0.29) is 18.4 Å². The molecule has 0 aliphatic carbocycles. The van der Waals surface area contributed by atoms with E-state index in [1.807, 2.05) is 0 Å². The number of amides is 1. The molecule has 2 heterocycles. The van der Waals surface area contributed by atoms with Gasteiger partial charge in [-0.25, -0.2) is 4.68 Å². The van der Waals surface area contributed by atoms with Crippen LogP contribution >= 0.6 is 0 Å². The van der Waals surface area contributed by atoms with Crippen molar-refractivity contribution in [2.45, 2.75) is 64.1 Å². The fourth-order valence-electron chi connectivity index (χ4n) is 4.39. The van der Waals surface area contributed by atoms with Gasteiger partial charge in [0.2, 0.25) is 0 Å². The van der Waals surface area contributed by atoms with Gasteiger partial charge in [-0.2, -0.15) is 18.3 Å². The van der Waals surface area contributed by atoms with Crippen LogP contribution in [0.15, 0.2) is 36.5 Å². The average molecular weight is 580 g/mol. The Labute approximate surface area is 232 Å². The number of ether oxygens (including phenoxy) is 4. The van der Waals surface area contributed by atoms with Crippen molar-refractivity contribution in [3.8, 4) is 11.5 Å². The van der Waals surface area contributed by atoms with Crippen molar-refractivity contribution in [2.24, 2.45) is 0 Å². The summed E-state index contributed by atoms with van der Waals surface area (Å²) in [6.45, 7) is 10.2. The van der Waals surface area contributed by atoms with Gasteiger partial charge in [-0.15, -0.1) is 0 Å². The number of benzene rings is 2. The first kappa shape index (κ1) is 29.9. The molecule has 2 aromatic carbocycles. The molecule has 1 fully saturated rings. The SMILES string of the molecule is COc1c(OC2CCOC2)cc(C(=O)N[C@H](C)c2cccc(C(F)(F)F)c2)c2nn(COCC[Si](C)(C)C)cc12. The first-order valence-corrected chi connectivity index (χ1v) is 16.9. The highest BCUT2D eigenvalue weighted by Crippen LogP contribution is 2.39. The van der Waals surface area contributed by atoms with Crippen molar-refractivity contribution in [1.82, 2.24) is 15.1 Å². The number of fused-ring (bicyclic) bond motifs is 1. The number of carbonyl (C=O) groups excluding carboxylic acids is 1. The monoisotopic (exact) mass is 579 g/mol. The van der Waals surface area contributed by atoms with Crippen LogP contribution in [0, 0.1) is 0 Å². The van der Waals surface area contributed by atoms with E-state index in [1.165, 1.54) is 13.2 Å². The van der Waals surface area contributed by atoms with Crippen LogP contribution in [0.2, 0.25) is 25.7 Å². The number of nitrogens with zero attached hydrogens (tertiary/aromatic N) is 2. The van der Waals surface area contributed by atoms with Crippen LogP contribution in [0.5, 0.6) is 11.5 Å². The Hall–Kier alpha value is -3.09. The predicted octanol–water partition coefficient (Wildman–Crippen LogP) is 6.03. The second kappa shape index (κ2) is 12.2. The van der Waals surface area contributed by atoms with Crippen LogP contribution < -0.4 is 14.8 Å². The molecule has 8 nitrogen and oxygen atoms in total. The number of methoxy groups -OCH3 is 1. The van der Waals surface area contributed by atoms with Gasteiger partial charge in [0.05, 0.1) is 42.9 Å². The molecule has 1 amide bonds. The molecular weight excluding hydrogens is 543 g/mol. The fraction of sp³-hybridized carbons (Fsp3) is 0.500. The smallest absolute Gasteiger partial charge is 0.416 e. The number of rotatable bonds is 11. The van der Waals surface area contributed by atoms with Gasteiger partial charge in [-0.05, 0) is 36.7 Å². The minimum Gasteiger partial charge on any atom is -0.492 e. The van der Waals surface area contributed by atoms with Gasteiger partial charge >= 0.3 is 6.18 Å². The molecule has 0 saturated carbocycles. The zero-order valence-corrected chi connectivity index (χ0v) is 24.4. The highest BCUT2D eigenvalue weighted by molar-refractivity contribution is 6.76. The molecule has 0 radical (unpaired) electrons. The lowest BCUT2D eigenvalue weighted by atomic mass is 10.0. The molecule has 1 aliphatic heterocycles. The molecule has 218 valence electrons. The van der Waals surface area contributed by atoms with E-state index < -0.39 is 31.8 Å². The lowest BCUT2D eigenvalue weighted by molar-refractivity contribution is -0.137. The van der Waals surface area contributed by atoms with E-state index in [2.05, 4.69) is 30.1 Å². The largest absolute Gasteiger partial charge is 0.492 e. The topological polar surface area (TPSA) is 83.8 Å². The molecule has 0 bridgehead atoms.